The number of nitrogens with zero attached hydrogens (tertiary/aromatic N) is 3. The Balaban J connectivity index is 0.00000268. The average molecular weight is 1040 g/mol. The van der Waals surface area contributed by atoms with E-state index in [1.807, 2.05) is 20.9 Å². The lowest BCUT2D eigenvalue weighted by Crippen LogP contribution is -2.26. The van der Waals surface area contributed by atoms with Crippen LogP contribution >= 0.6 is 0 Å². The van der Waals surface area contributed by atoms with E-state index >= 15 is 0 Å². The Morgan fingerprint density at radius 1 is 0.395 bits per heavy atom. The molecule has 4 heteroatoms. The number of aromatic nitrogens is 3. The van der Waals surface area contributed by atoms with E-state index in [0.29, 0.717) is 0 Å². The third kappa shape index (κ3) is 6.71. The van der Waals surface area contributed by atoms with Gasteiger partial charge >= 0.3 is 0 Å². The Labute approximate surface area is 472 Å². The second-order valence-corrected chi connectivity index (χ2v) is 21.8. The highest BCUT2D eigenvalue weighted by Crippen LogP contribution is 2.64. The third-order valence-electron chi connectivity index (χ3n) is 18.0. The molecule has 0 aliphatic heterocycles. The van der Waals surface area contributed by atoms with Gasteiger partial charge in [0.05, 0.1) is 22.0 Å². The topological polar surface area (TPSA) is 26.8 Å². The summed E-state index contributed by atoms with van der Waals surface area (Å²) in [6, 6.07) is 91.9. The van der Waals surface area contributed by atoms with Crippen LogP contribution < -0.4 is 5.32 Å². The maximum Gasteiger partial charge on any atom is 0.0727 e. The monoisotopic (exact) mass is 1040 g/mol. The Kier molecular flexibility index (Phi) is 10.7. The highest BCUT2D eigenvalue weighted by Gasteiger charge is 2.52. The lowest BCUT2D eigenvalue weighted by Gasteiger charge is -2.32. The molecule has 0 amide bonds. The summed E-state index contributed by atoms with van der Waals surface area (Å²) in [6.07, 6.45) is 6.71. The second-order valence-electron chi connectivity index (χ2n) is 21.8. The summed E-state index contributed by atoms with van der Waals surface area (Å²) in [7, 11) is 2.02. The molecular formula is C77H58N4. The van der Waals surface area contributed by atoms with Crippen LogP contribution in [0.2, 0.25) is 0 Å². The summed E-state index contributed by atoms with van der Waals surface area (Å²) in [4.78, 5) is 0. The SMILES string of the molecule is CC.CNc1ccccc1-c1ccccc1-c1ccc2c(c1)C1(c3cc(Cn4c5ccccc5c5ccccc54)ccc3-c3ccc(-n4c5ccccc5c5ccccc54)cc31)c1cc(-n3c4c(c5ccccc53)C=CCC4)ccc1-2. The van der Waals surface area contributed by atoms with E-state index in [9.17, 15) is 0 Å². The molecule has 0 saturated carbocycles. The minimum atomic E-state index is -0.715. The first-order valence-electron chi connectivity index (χ1n) is 28.8. The summed E-state index contributed by atoms with van der Waals surface area (Å²) in [5.41, 5.74) is 28.0. The van der Waals surface area contributed by atoms with Gasteiger partial charge in [0.1, 0.15) is 0 Å². The Bertz CT molecular complexity index is 4830. The number of hydrogen-bond donors (Lipinski definition) is 1. The van der Waals surface area contributed by atoms with Crippen molar-refractivity contribution in [2.45, 2.75) is 38.6 Å². The molecule has 17 rings (SSSR count). The fourth-order valence-corrected chi connectivity index (χ4v) is 14.7. The molecule has 0 saturated heterocycles. The minimum Gasteiger partial charge on any atom is -0.388 e. The molecule has 81 heavy (non-hydrogen) atoms. The van der Waals surface area contributed by atoms with Crippen molar-refractivity contribution in [3.63, 3.8) is 0 Å². The van der Waals surface area contributed by atoms with Crippen molar-refractivity contribution in [2.75, 3.05) is 12.4 Å². The number of fused-ring (bicyclic) bond motifs is 19. The molecule has 1 atom stereocenters. The highest BCUT2D eigenvalue weighted by atomic mass is 15.0. The van der Waals surface area contributed by atoms with Crippen molar-refractivity contribution < 1.29 is 0 Å². The zero-order valence-electron chi connectivity index (χ0n) is 45.7. The molecular weight excluding hydrogens is 981 g/mol. The van der Waals surface area contributed by atoms with Crippen molar-refractivity contribution >= 4 is 66.3 Å². The van der Waals surface area contributed by atoms with E-state index in [-0.39, 0.29) is 0 Å². The molecule has 3 aliphatic carbocycles. The number of allylic oxidation sites excluding steroid dienone is 1. The van der Waals surface area contributed by atoms with Crippen molar-refractivity contribution in [3.05, 3.63) is 288 Å². The van der Waals surface area contributed by atoms with Crippen LogP contribution in [0.15, 0.2) is 249 Å². The first kappa shape index (κ1) is 47.1. The van der Waals surface area contributed by atoms with Gasteiger partial charge in [0, 0.05) is 85.4 Å². The van der Waals surface area contributed by atoms with Crippen LogP contribution in [-0.4, -0.2) is 20.7 Å². The molecule has 1 unspecified atom stereocenters. The van der Waals surface area contributed by atoms with Gasteiger partial charge in [-0.15, -0.1) is 0 Å². The number of para-hydroxylation sites is 6. The standard InChI is InChI=1S/C75H52N4.C2H6/c1-76-68-27-11-4-20-57(68)52-19-3-2-18-51(52)48-35-39-54-56-41-37-50(79-73-32-16-9-25-62(73)63-26-10-17-33-74(63)79)45-67(56)75(65(54)43-48)64-42-47(46-77-69-28-12-5-21-58(69)59-22-6-13-29-70(59)77)34-38-53(64)55-40-36-49(44-66(55)75)78-71-30-14-7-23-60(71)61-24-8-15-31-72(61)78;1-2/h2-16,18-32,34-45,76H,17,33,46H2,1H3;1-2H3. The Morgan fingerprint density at radius 3 is 1.47 bits per heavy atom. The van der Waals surface area contributed by atoms with Gasteiger partial charge in [0.25, 0.3) is 0 Å². The molecule has 1 N–H and O–H groups in total. The molecule has 14 aromatic rings. The highest BCUT2D eigenvalue weighted by molar-refractivity contribution is 6.10. The smallest absolute Gasteiger partial charge is 0.0727 e. The first-order chi connectivity index (χ1) is 40.2. The molecule has 4 nitrogen and oxygen atoms in total. The van der Waals surface area contributed by atoms with Crippen LogP contribution in [0.4, 0.5) is 5.69 Å². The van der Waals surface area contributed by atoms with Crippen LogP contribution in [0.3, 0.4) is 0 Å². The number of benzene rings is 11. The maximum absolute atomic E-state index is 3.50. The largest absolute Gasteiger partial charge is 0.388 e. The normalized spacial score (nSPS) is 14.6. The van der Waals surface area contributed by atoms with Gasteiger partial charge < -0.3 is 19.0 Å². The van der Waals surface area contributed by atoms with Gasteiger partial charge in [0.15, 0.2) is 0 Å². The number of rotatable bonds is 7. The maximum atomic E-state index is 3.50. The van der Waals surface area contributed by atoms with Gasteiger partial charge in [-0.05, 0) is 146 Å². The van der Waals surface area contributed by atoms with Gasteiger partial charge in [-0.2, -0.15) is 0 Å². The fourth-order valence-electron chi connectivity index (χ4n) is 14.7. The Morgan fingerprint density at radius 2 is 0.852 bits per heavy atom. The fraction of sp³-hybridized carbons (Fsp3) is 0.0909. The van der Waals surface area contributed by atoms with Gasteiger partial charge in [0.2, 0.25) is 0 Å². The average Bonchev–Trinajstić information content (AvgIpc) is 1.79. The third-order valence-corrected chi connectivity index (χ3v) is 18.0. The van der Waals surface area contributed by atoms with Crippen molar-refractivity contribution in [3.8, 4) is 55.9 Å². The number of anilines is 1. The molecule has 0 fully saturated rings. The van der Waals surface area contributed by atoms with Crippen molar-refractivity contribution in [1.82, 2.24) is 13.7 Å². The first-order valence-corrected chi connectivity index (χ1v) is 28.8. The molecule has 3 aromatic heterocycles. The number of hydrogen-bond acceptors (Lipinski definition) is 1. The molecule has 11 aromatic carbocycles. The molecule has 0 radical (unpaired) electrons. The van der Waals surface area contributed by atoms with Crippen molar-refractivity contribution in [2.24, 2.45) is 0 Å². The van der Waals surface area contributed by atoms with E-state index in [2.05, 4.69) is 274 Å². The van der Waals surface area contributed by atoms with Crippen LogP contribution in [0.5, 0.6) is 0 Å². The zero-order chi connectivity index (χ0) is 53.9. The number of nitrogens with one attached hydrogen (secondary N) is 1. The van der Waals surface area contributed by atoms with Crippen molar-refractivity contribution in [1.29, 1.82) is 0 Å². The summed E-state index contributed by atoms with van der Waals surface area (Å²) < 4.78 is 7.61. The van der Waals surface area contributed by atoms with E-state index in [4.69, 9.17) is 0 Å². The van der Waals surface area contributed by atoms with E-state index in [1.165, 1.54) is 144 Å². The summed E-state index contributed by atoms with van der Waals surface area (Å²) in [5, 5.41) is 9.89. The predicted octanol–water partition coefficient (Wildman–Crippen LogP) is 19.6. The van der Waals surface area contributed by atoms with Gasteiger partial charge in [-0.3, -0.25) is 0 Å². The van der Waals surface area contributed by atoms with E-state index in [0.717, 1.165) is 30.8 Å². The minimum absolute atomic E-state index is 0.715. The summed E-state index contributed by atoms with van der Waals surface area (Å²) in [5.74, 6) is 0. The molecule has 3 heterocycles. The molecule has 1 spiro atoms. The van der Waals surface area contributed by atoms with Gasteiger partial charge in [-0.1, -0.05) is 202 Å². The lowest BCUT2D eigenvalue weighted by molar-refractivity contribution is 0.783. The predicted molar refractivity (Wildman–Crippen MR) is 342 cm³/mol. The summed E-state index contributed by atoms with van der Waals surface area (Å²) >= 11 is 0. The van der Waals surface area contributed by atoms with Crippen LogP contribution in [0.25, 0.3) is 116 Å². The lowest BCUT2D eigenvalue weighted by atomic mass is 9.69. The second kappa shape index (κ2) is 18.3. The van der Waals surface area contributed by atoms with E-state index in [1.54, 1.807) is 0 Å². The quantitative estimate of drug-likeness (QED) is 0.169. The Hall–Kier alpha value is -9.90. The van der Waals surface area contributed by atoms with E-state index < -0.39 is 5.41 Å². The molecule has 0 bridgehead atoms. The van der Waals surface area contributed by atoms with Crippen LogP contribution in [0.1, 0.15) is 59.3 Å². The van der Waals surface area contributed by atoms with Gasteiger partial charge in [-0.25, -0.2) is 0 Å². The summed E-state index contributed by atoms with van der Waals surface area (Å²) in [6.45, 7) is 4.73. The zero-order valence-corrected chi connectivity index (χ0v) is 45.7. The van der Waals surface area contributed by atoms with Crippen LogP contribution in [-0.2, 0) is 18.4 Å². The van der Waals surface area contributed by atoms with Crippen LogP contribution in [0, 0.1) is 0 Å². The molecule has 386 valence electrons. The molecule has 3 aliphatic rings.